The molecule has 1 aromatic carbocycles. The third kappa shape index (κ3) is 4.18. The number of nitrogens with one attached hydrogen (secondary N) is 1. The molecule has 1 saturated heterocycles. The lowest BCUT2D eigenvalue weighted by molar-refractivity contribution is -0.289. The molecule has 6 atom stereocenters. The molecule has 1 aliphatic heterocycles. The summed E-state index contributed by atoms with van der Waals surface area (Å²) in [5.74, 6) is -3.56. The smallest absolute Gasteiger partial charge is 0.332 e. The number of aliphatic carboxylic acids is 1. The summed E-state index contributed by atoms with van der Waals surface area (Å²) in [5.41, 5.74) is 6.57. The van der Waals surface area contributed by atoms with Crippen LogP contribution in [0.3, 0.4) is 0 Å². The number of aliphatic hydroxyl groups is 3. The molecule has 1 heterocycles. The molecular weight excluding hydrogens is 364 g/mol. The van der Waals surface area contributed by atoms with Crippen LogP contribution in [0.15, 0.2) is 30.3 Å². The van der Waals surface area contributed by atoms with E-state index in [-0.39, 0.29) is 4.99 Å². The van der Waals surface area contributed by atoms with E-state index in [1.165, 1.54) is 6.92 Å². The van der Waals surface area contributed by atoms with Gasteiger partial charge in [-0.15, -0.1) is 0 Å². The van der Waals surface area contributed by atoms with Gasteiger partial charge in [0.1, 0.15) is 23.3 Å². The number of nitrogens with two attached hydrogens (primary N) is 1. The lowest BCUT2D eigenvalue weighted by Gasteiger charge is -2.48. The molecule has 10 heteroatoms. The predicted molar refractivity (Wildman–Crippen MR) is 95.5 cm³/mol. The number of thiocarbonyl (C=S) groups is 1. The van der Waals surface area contributed by atoms with Gasteiger partial charge in [-0.1, -0.05) is 30.4 Å². The molecule has 0 bridgehead atoms. The van der Waals surface area contributed by atoms with Crippen LogP contribution in [0, 0.1) is 0 Å². The van der Waals surface area contributed by atoms with E-state index in [1.54, 1.807) is 30.3 Å². The van der Waals surface area contributed by atoms with E-state index in [2.05, 4.69) is 5.32 Å². The topological polar surface area (TPSA) is 154 Å². The highest BCUT2D eigenvalue weighted by molar-refractivity contribution is 7.80. The zero-order valence-corrected chi connectivity index (χ0v) is 14.8. The molecule has 7 N–H and O–H groups in total. The third-order valence-electron chi connectivity index (χ3n) is 4.10. The van der Waals surface area contributed by atoms with Gasteiger partial charge in [0.15, 0.2) is 6.10 Å². The first-order valence-electron chi connectivity index (χ1n) is 7.90. The number of hydrogen-bond acceptors (Lipinski definition) is 8. The number of rotatable bonds is 6. The third-order valence-corrected chi connectivity index (χ3v) is 4.49. The Morgan fingerprint density at radius 1 is 1.46 bits per heavy atom. The van der Waals surface area contributed by atoms with Gasteiger partial charge in [-0.05, 0) is 19.1 Å². The number of carboxylic acids is 1. The van der Waals surface area contributed by atoms with Crippen LogP contribution in [0.5, 0.6) is 0 Å². The summed E-state index contributed by atoms with van der Waals surface area (Å²) in [6.45, 7) is 0.593. The Hall–Kier alpha value is -1.66. The molecule has 1 unspecified atom stereocenters. The molecule has 0 radical (unpaired) electrons. The van der Waals surface area contributed by atoms with Crippen LogP contribution in [0.2, 0.25) is 0 Å². The van der Waals surface area contributed by atoms with Crippen LogP contribution >= 0.6 is 12.2 Å². The predicted octanol–water partition coefficient (Wildman–Crippen LogP) is -0.948. The van der Waals surface area contributed by atoms with E-state index in [1.807, 2.05) is 0 Å². The summed E-state index contributed by atoms with van der Waals surface area (Å²) in [6.07, 6.45) is -5.39. The normalized spacial score (nSPS) is 32.7. The second-order valence-corrected chi connectivity index (χ2v) is 6.36. The van der Waals surface area contributed by atoms with Gasteiger partial charge in [0.05, 0.1) is 12.6 Å². The molecule has 0 aromatic heterocycles. The largest absolute Gasteiger partial charge is 0.479 e. The number of para-hydroxylation sites is 1. The first-order valence-corrected chi connectivity index (χ1v) is 8.31. The zero-order valence-electron chi connectivity index (χ0n) is 14.0. The summed E-state index contributed by atoms with van der Waals surface area (Å²) in [6, 6.07) is 7.27. The van der Waals surface area contributed by atoms with Crippen molar-refractivity contribution in [3.05, 3.63) is 30.3 Å². The first kappa shape index (κ1) is 20.6. The van der Waals surface area contributed by atoms with Gasteiger partial charge in [0.25, 0.3) is 0 Å². The van der Waals surface area contributed by atoms with Gasteiger partial charge in [0, 0.05) is 5.69 Å². The number of hydrogen-bond donors (Lipinski definition) is 6. The molecule has 0 saturated carbocycles. The van der Waals surface area contributed by atoms with Crippen molar-refractivity contribution in [1.82, 2.24) is 0 Å². The Labute approximate surface area is 155 Å². The van der Waals surface area contributed by atoms with Crippen molar-refractivity contribution in [1.29, 1.82) is 0 Å². The quantitative estimate of drug-likeness (QED) is 0.337. The monoisotopic (exact) mass is 386 g/mol. The van der Waals surface area contributed by atoms with E-state index >= 15 is 0 Å². The van der Waals surface area contributed by atoms with Crippen LogP contribution in [0.1, 0.15) is 6.92 Å². The van der Waals surface area contributed by atoms with Crippen LogP contribution in [0.4, 0.5) is 5.69 Å². The Morgan fingerprint density at radius 3 is 2.62 bits per heavy atom. The van der Waals surface area contributed by atoms with Crippen LogP contribution < -0.4 is 11.1 Å². The molecule has 0 aliphatic carbocycles. The number of carboxylic acid groups (broad SMARTS) is 1. The van der Waals surface area contributed by atoms with Crippen molar-refractivity contribution in [2.24, 2.45) is 5.73 Å². The average Bonchev–Trinajstić information content (AvgIpc) is 2.62. The fourth-order valence-electron chi connectivity index (χ4n) is 2.58. The lowest BCUT2D eigenvalue weighted by Crippen LogP contribution is -2.72. The van der Waals surface area contributed by atoms with Crippen molar-refractivity contribution >= 4 is 28.9 Å². The Bertz CT molecular complexity index is 647. The molecule has 1 aliphatic rings. The van der Waals surface area contributed by atoms with Gasteiger partial charge in [-0.3, -0.25) is 0 Å². The first-order chi connectivity index (χ1) is 12.2. The molecule has 9 nitrogen and oxygen atoms in total. The summed E-state index contributed by atoms with van der Waals surface area (Å²) >= 11 is 5.20. The average molecular weight is 386 g/mol. The van der Waals surface area contributed by atoms with Crippen molar-refractivity contribution in [2.75, 3.05) is 11.9 Å². The van der Waals surface area contributed by atoms with Crippen LogP contribution in [-0.4, -0.2) is 74.2 Å². The maximum absolute atomic E-state index is 11.0. The van der Waals surface area contributed by atoms with E-state index < -0.39 is 48.8 Å². The number of aliphatic hydroxyl groups excluding tert-OH is 2. The molecule has 2 rings (SSSR count). The fraction of sp³-hybridized carbons (Fsp3) is 0.500. The maximum atomic E-state index is 11.0. The second kappa shape index (κ2) is 8.35. The number of ether oxygens (including phenoxy) is 2. The number of anilines is 1. The Balaban J connectivity index is 2.27. The summed E-state index contributed by atoms with van der Waals surface area (Å²) in [5, 5.41) is 42.4. The van der Waals surface area contributed by atoms with Gasteiger partial charge >= 0.3 is 5.97 Å². The standard InChI is InChI=1S/C16H22N2O7S/c1-8(14(21)22)24-12-11(20)10(7-19)25-16(23,13(12)17)15(26)18-9-5-3-2-4-6-9/h2-6,8,10-13,19-20,23H,7,17H2,1H3,(H,18,26)(H,21,22)/t8-,10-,11-,12+,13-,16?/m1/s1. The highest BCUT2D eigenvalue weighted by Gasteiger charge is 2.55. The van der Waals surface area contributed by atoms with Gasteiger partial charge in [-0.2, -0.15) is 0 Å². The minimum Gasteiger partial charge on any atom is -0.479 e. The van der Waals surface area contributed by atoms with E-state index in [0.29, 0.717) is 5.69 Å². The van der Waals surface area contributed by atoms with Gasteiger partial charge < -0.3 is 41.0 Å². The molecule has 0 spiro atoms. The van der Waals surface area contributed by atoms with Gasteiger partial charge in [-0.25, -0.2) is 4.79 Å². The highest BCUT2D eigenvalue weighted by atomic mass is 32.1. The van der Waals surface area contributed by atoms with Crippen LogP contribution in [-0.2, 0) is 14.3 Å². The fourth-order valence-corrected chi connectivity index (χ4v) is 2.88. The lowest BCUT2D eigenvalue weighted by atomic mass is 9.90. The maximum Gasteiger partial charge on any atom is 0.332 e. The number of benzene rings is 1. The number of carbonyl (C=O) groups is 1. The molecule has 144 valence electrons. The second-order valence-electron chi connectivity index (χ2n) is 5.95. The molecule has 26 heavy (non-hydrogen) atoms. The molecular formula is C16H22N2O7S. The summed E-state index contributed by atoms with van der Waals surface area (Å²) in [7, 11) is 0. The van der Waals surface area contributed by atoms with Crippen LogP contribution in [0.25, 0.3) is 0 Å². The molecule has 1 aromatic rings. The van der Waals surface area contributed by atoms with Crippen molar-refractivity contribution < 1.29 is 34.7 Å². The minimum atomic E-state index is -2.29. The molecule has 1 fully saturated rings. The van der Waals surface area contributed by atoms with Crippen molar-refractivity contribution in [2.45, 2.75) is 43.2 Å². The van der Waals surface area contributed by atoms with E-state index in [0.717, 1.165) is 0 Å². The molecule has 0 amide bonds. The Kier molecular flexibility index (Phi) is 6.64. The van der Waals surface area contributed by atoms with E-state index in [9.17, 15) is 20.1 Å². The Morgan fingerprint density at radius 2 is 2.08 bits per heavy atom. The SMILES string of the molecule is C[C@@H](O[C@H]1[C@H](O)[C@@H](CO)OC(O)(C(=S)Nc2ccccc2)[C@@H]1N)C(=O)O. The van der Waals surface area contributed by atoms with Crippen molar-refractivity contribution in [3.63, 3.8) is 0 Å². The zero-order chi connectivity index (χ0) is 19.5. The summed E-state index contributed by atoms with van der Waals surface area (Å²) in [4.78, 5) is 10.8. The van der Waals surface area contributed by atoms with E-state index in [4.69, 9.17) is 32.5 Å². The van der Waals surface area contributed by atoms with Crippen molar-refractivity contribution in [3.8, 4) is 0 Å². The summed E-state index contributed by atoms with van der Waals surface area (Å²) < 4.78 is 10.6. The minimum absolute atomic E-state index is 0.210. The van der Waals surface area contributed by atoms with Gasteiger partial charge in [0.2, 0.25) is 5.79 Å². The highest BCUT2D eigenvalue weighted by Crippen LogP contribution is 2.31.